The Balaban J connectivity index is 2.59. The minimum atomic E-state index is -3.57. The van der Waals surface area contributed by atoms with Gasteiger partial charge < -0.3 is 4.57 Å². The molecule has 2 aromatic rings. The normalized spacial score (nSPS) is 12.0. The van der Waals surface area contributed by atoms with Gasteiger partial charge in [0, 0.05) is 12.6 Å². The van der Waals surface area contributed by atoms with Crippen molar-refractivity contribution in [2.45, 2.75) is 6.43 Å². The molecule has 0 aliphatic carbocycles. The van der Waals surface area contributed by atoms with Gasteiger partial charge in [0.05, 0.1) is 22.0 Å². The van der Waals surface area contributed by atoms with Gasteiger partial charge in [0.15, 0.2) is 11.6 Å². The van der Waals surface area contributed by atoms with E-state index in [9.17, 15) is 17.2 Å². The van der Waals surface area contributed by atoms with E-state index in [1.54, 1.807) is 0 Å². The van der Waals surface area contributed by atoms with Crippen molar-refractivity contribution >= 4 is 38.9 Å². The summed E-state index contributed by atoms with van der Waals surface area (Å²) in [6, 6.07) is 2.60. The molecule has 0 atom stereocenters. The zero-order chi connectivity index (χ0) is 16.7. The number of nitrogens with zero attached hydrogens (tertiary/aromatic N) is 3. The van der Waals surface area contributed by atoms with Crippen molar-refractivity contribution in [3.63, 3.8) is 0 Å². The fourth-order valence-corrected chi connectivity index (χ4v) is 2.90. The Morgan fingerprint density at radius 3 is 2.36 bits per heavy atom. The van der Waals surface area contributed by atoms with Gasteiger partial charge >= 0.3 is 0 Å². The highest BCUT2D eigenvalue weighted by Crippen LogP contribution is 2.35. The topological polar surface area (TPSA) is 76.9 Å². The van der Waals surface area contributed by atoms with Crippen LogP contribution in [-0.2, 0) is 17.1 Å². The number of benzene rings is 1. The molecule has 0 bridgehead atoms. The van der Waals surface area contributed by atoms with E-state index < -0.39 is 22.3 Å². The molecular weight excluding hydrogens is 361 g/mol. The first kappa shape index (κ1) is 16.9. The summed E-state index contributed by atoms with van der Waals surface area (Å²) < 4.78 is 51.4. The Kier molecular flexibility index (Phi) is 4.59. The van der Waals surface area contributed by atoms with Gasteiger partial charge in [0.1, 0.15) is 0 Å². The van der Waals surface area contributed by atoms with Gasteiger partial charge in [0.25, 0.3) is 6.43 Å². The van der Waals surface area contributed by atoms with E-state index in [-0.39, 0.29) is 27.1 Å². The fraction of sp³-hybridized carbons (Fsp3) is 0.273. The Morgan fingerprint density at radius 2 is 1.86 bits per heavy atom. The van der Waals surface area contributed by atoms with E-state index in [1.165, 1.54) is 19.2 Å². The van der Waals surface area contributed by atoms with Crippen molar-refractivity contribution < 1.29 is 17.2 Å². The van der Waals surface area contributed by atoms with E-state index in [1.807, 2.05) is 0 Å². The van der Waals surface area contributed by atoms with Gasteiger partial charge in [-0.15, -0.1) is 10.2 Å². The molecule has 1 aromatic heterocycles. The molecule has 0 unspecified atom stereocenters. The molecule has 0 spiro atoms. The van der Waals surface area contributed by atoms with E-state index in [4.69, 9.17) is 23.2 Å². The number of hydrogen-bond donors (Lipinski definition) is 1. The Labute approximate surface area is 135 Å². The maximum Gasteiger partial charge on any atom is 0.297 e. The molecule has 6 nitrogen and oxygen atoms in total. The lowest BCUT2D eigenvalue weighted by atomic mass is 10.2. The lowest BCUT2D eigenvalue weighted by molar-refractivity contribution is 0.136. The van der Waals surface area contributed by atoms with Crippen LogP contribution in [0.1, 0.15) is 12.2 Å². The first-order chi connectivity index (χ1) is 10.1. The van der Waals surface area contributed by atoms with Gasteiger partial charge in [-0.2, -0.15) is 0 Å². The molecule has 1 N–H and O–H groups in total. The Hall–Kier alpha value is -1.45. The van der Waals surface area contributed by atoms with Crippen molar-refractivity contribution in [3.05, 3.63) is 28.0 Å². The molecule has 0 amide bonds. The lowest BCUT2D eigenvalue weighted by Crippen LogP contribution is -2.10. The molecule has 120 valence electrons. The zero-order valence-corrected chi connectivity index (χ0v) is 13.6. The van der Waals surface area contributed by atoms with Crippen LogP contribution in [0.2, 0.25) is 10.0 Å². The minimum Gasteiger partial charge on any atom is -0.309 e. The number of halogens is 4. The van der Waals surface area contributed by atoms with E-state index in [2.05, 4.69) is 14.9 Å². The second kappa shape index (κ2) is 5.98. The summed E-state index contributed by atoms with van der Waals surface area (Å²) in [4.78, 5) is 0. The van der Waals surface area contributed by atoms with Gasteiger partial charge in [-0.1, -0.05) is 23.2 Å². The Bertz CT molecular complexity index is 824. The first-order valence-electron chi connectivity index (χ1n) is 5.75. The van der Waals surface area contributed by atoms with Crippen molar-refractivity contribution in [2.24, 2.45) is 7.05 Å². The first-order valence-corrected chi connectivity index (χ1v) is 8.39. The highest BCUT2D eigenvalue weighted by atomic mass is 35.5. The SMILES string of the molecule is Cn1c(-c2cc(NS(C)(=O)=O)c(Cl)cc2Cl)nnc1C(F)F. The summed E-state index contributed by atoms with van der Waals surface area (Å²) in [5, 5.41) is 7.25. The summed E-state index contributed by atoms with van der Waals surface area (Å²) in [6.07, 6.45) is -1.85. The molecule has 2 rings (SSSR count). The quantitative estimate of drug-likeness (QED) is 0.896. The van der Waals surface area contributed by atoms with Gasteiger partial charge in [-0.05, 0) is 12.1 Å². The molecular formula is C11H10Cl2F2N4O2S. The monoisotopic (exact) mass is 370 g/mol. The third-order valence-electron chi connectivity index (χ3n) is 2.70. The predicted molar refractivity (Wildman–Crippen MR) is 79.9 cm³/mol. The smallest absolute Gasteiger partial charge is 0.297 e. The third kappa shape index (κ3) is 3.47. The number of nitrogens with one attached hydrogen (secondary N) is 1. The molecule has 1 aromatic carbocycles. The highest BCUT2D eigenvalue weighted by Gasteiger charge is 2.21. The second-order valence-corrected chi connectivity index (χ2v) is 6.99. The number of anilines is 1. The number of alkyl halides is 2. The maximum absolute atomic E-state index is 12.8. The standard InChI is InChI=1S/C11H10Cl2F2N4O2S/c1-19-10(16-17-11(19)9(14)15)5-3-8(18-22(2,20)21)7(13)4-6(5)12/h3-4,9,18H,1-2H3. The number of sulfonamides is 1. The molecule has 0 fully saturated rings. The fourth-order valence-electron chi connectivity index (χ4n) is 1.76. The summed E-state index contributed by atoms with van der Waals surface area (Å²) in [5.74, 6) is -0.466. The molecule has 0 radical (unpaired) electrons. The number of aromatic nitrogens is 3. The molecule has 0 saturated carbocycles. The summed E-state index contributed by atoms with van der Waals surface area (Å²) >= 11 is 12.0. The van der Waals surface area contributed by atoms with Crippen LogP contribution < -0.4 is 4.72 Å². The van der Waals surface area contributed by atoms with Crippen LogP contribution in [0.25, 0.3) is 11.4 Å². The molecule has 1 heterocycles. The zero-order valence-electron chi connectivity index (χ0n) is 11.3. The van der Waals surface area contributed by atoms with Crippen LogP contribution in [0.5, 0.6) is 0 Å². The molecule has 0 aliphatic heterocycles. The van der Waals surface area contributed by atoms with Crippen LogP contribution in [0.4, 0.5) is 14.5 Å². The Morgan fingerprint density at radius 1 is 1.23 bits per heavy atom. The summed E-state index contributed by atoms with van der Waals surface area (Å²) in [6.45, 7) is 0. The van der Waals surface area contributed by atoms with Gasteiger partial charge in [-0.25, -0.2) is 17.2 Å². The summed E-state index contributed by atoms with van der Waals surface area (Å²) in [7, 11) is -2.22. The lowest BCUT2D eigenvalue weighted by Gasteiger charge is -2.11. The predicted octanol–water partition coefficient (Wildman–Crippen LogP) is 3.10. The van der Waals surface area contributed by atoms with Crippen molar-refractivity contribution in [1.29, 1.82) is 0 Å². The second-order valence-electron chi connectivity index (χ2n) is 4.43. The van der Waals surface area contributed by atoms with Crippen LogP contribution >= 0.6 is 23.2 Å². The third-order valence-corrected chi connectivity index (χ3v) is 3.91. The average molecular weight is 371 g/mol. The van der Waals surface area contributed by atoms with Crippen LogP contribution in [-0.4, -0.2) is 29.4 Å². The van der Waals surface area contributed by atoms with E-state index in [0.717, 1.165) is 10.8 Å². The van der Waals surface area contributed by atoms with Crippen molar-refractivity contribution in [3.8, 4) is 11.4 Å². The number of rotatable bonds is 4. The average Bonchev–Trinajstić information content (AvgIpc) is 2.73. The molecule has 22 heavy (non-hydrogen) atoms. The van der Waals surface area contributed by atoms with E-state index >= 15 is 0 Å². The van der Waals surface area contributed by atoms with E-state index in [0.29, 0.717) is 0 Å². The van der Waals surface area contributed by atoms with Crippen LogP contribution in [0.15, 0.2) is 12.1 Å². The van der Waals surface area contributed by atoms with Crippen molar-refractivity contribution in [2.75, 3.05) is 11.0 Å². The highest BCUT2D eigenvalue weighted by molar-refractivity contribution is 7.92. The summed E-state index contributed by atoms with van der Waals surface area (Å²) in [5.41, 5.74) is 0.282. The minimum absolute atomic E-state index is 0.0603. The largest absolute Gasteiger partial charge is 0.309 e. The molecule has 11 heteroatoms. The number of hydrogen-bond acceptors (Lipinski definition) is 4. The molecule has 0 aliphatic rings. The van der Waals surface area contributed by atoms with Crippen LogP contribution in [0.3, 0.4) is 0 Å². The van der Waals surface area contributed by atoms with Crippen molar-refractivity contribution in [1.82, 2.24) is 14.8 Å². The van der Waals surface area contributed by atoms with Gasteiger partial charge in [0.2, 0.25) is 10.0 Å². The van der Waals surface area contributed by atoms with Gasteiger partial charge in [-0.3, -0.25) is 4.72 Å². The maximum atomic E-state index is 12.8. The van der Waals surface area contributed by atoms with Crippen LogP contribution in [0, 0.1) is 0 Å². The molecule has 0 saturated heterocycles.